The van der Waals surface area contributed by atoms with Gasteiger partial charge in [0, 0.05) is 50.3 Å². The highest BCUT2D eigenvalue weighted by atomic mass is 16.5. The van der Waals surface area contributed by atoms with Crippen molar-refractivity contribution in [3.8, 4) is 5.75 Å². The molecule has 2 aliphatic heterocycles. The van der Waals surface area contributed by atoms with Crippen molar-refractivity contribution in [1.82, 2.24) is 25.2 Å². The Labute approximate surface area is 236 Å². The number of carbonyl (C=O) groups excluding carboxylic acids is 2. The molecular formula is C30H43N5O5. The maximum Gasteiger partial charge on any atom is 0.248 e. The Kier molecular flexibility index (Phi) is 8.20. The number of aliphatic hydroxyl groups is 1. The van der Waals surface area contributed by atoms with Crippen LogP contribution < -0.4 is 10.1 Å². The Morgan fingerprint density at radius 2 is 1.90 bits per heavy atom. The molecule has 1 aromatic carbocycles. The number of carbonyl (C=O) groups is 2. The van der Waals surface area contributed by atoms with Crippen LogP contribution in [0.1, 0.15) is 83.0 Å². The summed E-state index contributed by atoms with van der Waals surface area (Å²) >= 11 is 0. The van der Waals surface area contributed by atoms with Crippen LogP contribution in [-0.2, 0) is 19.7 Å². The summed E-state index contributed by atoms with van der Waals surface area (Å²) in [6, 6.07) is 6.68. The van der Waals surface area contributed by atoms with Gasteiger partial charge in [-0.25, -0.2) is 4.68 Å². The van der Waals surface area contributed by atoms with Crippen LogP contribution in [0.25, 0.3) is 0 Å². The number of amides is 2. The lowest BCUT2D eigenvalue weighted by atomic mass is 9.74. The number of rotatable bonds is 9. The Hall–Kier alpha value is -2.98. The van der Waals surface area contributed by atoms with Gasteiger partial charge in [0.2, 0.25) is 11.8 Å². The fourth-order valence-corrected chi connectivity index (χ4v) is 6.10. The molecule has 2 N–H and O–H groups in total. The molecule has 2 unspecified atom stereocenters. The highest BCUT2D eigenvalue weighted by molar-refractivity contribution is 5.90. The van der Waals surface area contributed by atoms with Crippen molar-refractivity contribution >= 4 is 11.8 Å². The number of aliphatic hydroxyl groups excluding tert-OH is 1. The third-order valence-electron chi connectivity index (χ3n) is 8.54. The molecule has 3 aliphatic rings. The van der Waals surface area contributed by atoms with Gasteiger partial charge in [-0.3, -0.25) is 9.59 Å². The quantitative estimate of drug-likeness (QED) is 0.490. The van der Waals surface area contributed by atoms with E-state index >= 15 is 0 Å². The van der Waals surface area contributed by atoms with Gasteiger partial charge in [-0.1, -0.05) is 38.1 Å². The van der Waals surface area contributed by atoms with Crippen LogP contribution in [0.4, 0.5) is 0 Å². The van der Waals surface area contributed by atoms with Crippen LogP contribution >= 0.6 is 0 Å². The lowest BCUT2D eigenvalue weighted by molar-refractivity contribution is -0.144. The first-order valence-corrected chi connectivity index (χ1v) is 14.6. The number of ether oxygens (including phenoxy) is 2. The summed E-state index contributed by atoms with van der Waals surface area (Å²) in [5.41, 5.74) is 1.29. The molecule has 1 aromatic heterocycles. The lowest BCUT2D eigenvalue weighted by Crippen LogP contribution is -2.53. The van der Waals surface area contributed by atoms with Crippen molar-refractivity contribution in [2.75, 3.05) is 32.9 Å². The number of hydrogen-bond donors (Lipinski definition) is 2. The smallest absolute Gasteiger partial charge is 0.248 e. The molecule has 218 valence electrons. The maximum absolute atomic E-state index is 14.0. The molecule has 5 rings (SSSR count). The molecule has 10 nitrogen and oxygen atoms in total. The zero-order valence-corrected chi connectivity index (χ0v) is 24.1. The predicted octanol–water partition coefficient (Wildman–Crippen LogP) is 2.97. The van der Waals surface area contributed by atoms with E-state index in [-0.39, 0.29) is 30.2 Å². The molecule has 2 amide bonds. The number of β-amino-alcohol motifs (C(OH)–C–C–N with tert-alkyl or cyclic N) is 1. The molecule has 2 aromatic rings. The van der Waals surface area contributed by atoms with Gasteiger partial charge in [0.05, 0.1) is 18.4 Å². The van der Waals surface area contributed by atoms with Gasteiger partial charge in [0.15, 0.2) is 0 Å². The van der Waals surface area contributed by atoms with Crippen molar-refractivity contribution in [2.24, 2.45) is 5.41 Å². The third kappa shape index (κ3) is 6.02. The van der Waals surface area contributed by atoms with Gasteiger partial charge < -0.3 is 24.8 Å². The van der Waals surface area contributed by atoms with Crippen LogP contribution in [0.15, 0.2) is 30.5 Å². The number of benzene rings is 1. The molecule has 3 atom stereocenters. The van der Waals surface area contributed by atoms with Gasteiger partial charge in [0.1, 0.15) is 17.8 Å². The first kappa shape index (κ1) is 28.5. The fourth-order valence-electron chi connectivity index (χ4n) is 6.10. The molecule has 2 saturated heterocycles. The second-order valence-corrected chi connectivity index (χ2v) is 12.6. The van der Waals surface area contributed by atoms with E-state index in [0.29, 0.717) is 32.3 Å². The van der Waals surface area contributed by atoms with Gasteiger partial charge >= 0.3 is 0 Å². The molecule has 3 fully saturated rings. The topological polar surface area (TPSA) is 119 Å². The highest BCUT2D eigenvalue weighted by Crippen LogP contribution is 2.40. The van der Waals surface area contributed by atoms with E-state index in [0.717, 1.165) is 42.7 Å². The van der Waals surface area contributed by atoms with Crippen molar-refractivity contribution in [1.29, 1.82) is 0 Å². The largest absolute Gasteiger partial charge is 0.494 e. The molecule has 10 heteroatoms. The van der Waals surface area contributed by atoms with Gasteiger partial charge in [-0.05, 0) is 55.7 Å². The summed E-state index contributed by atoms with van der Waals surface area (Å²) in [7, 11) is 0. The molecular weight excluding hydrogens is 510 g/mol. The monoisotopic (exact) mass is 553 g/mol. The van der Waals surface area contributed by atoms with Crippen LogP contribution in [0.3, 0.4) is 0 Å². The van der Waals surface area contributed by atoms with Crippen LogP contribution in [0, 0.1) is 5.41 Å². The van der Waals surface area contributed by atoms with E-state index in [2.05, 4.69) is 27.8 Å². The number of hydrogen-bond acceptors (Lipinski definition) is 7. The second kappa shape index (κ2) is 11.5. The van der Waals surface area contributed by atoms with Gasteiger partial charge in [-0.2, -0.15) is 0 Å². The van der Waals surface area contributed by atoms with Gasteiger partial charge in [-0.15, -0.1) is 5.10 Å². The molecule has 3 heterocycles. The number of likely N-dealkylation sites (tertiary alicyclic amines) is 1. The van der Waals surface area contributed by atoms with Crippen molar-refractivity contribution < 1.29 is 24.2 Å². The Bertz CT molecular complexity index is 1180. The lowest BCUT2D eigenvalue weighted by Gasteiger charge is -2.39. The minimum Gasteiger partial charge on any atom is -0.494 e. The number of aromatic nitrogens is 3. The summed E-state index contributed by atoms with van der Waals surface area (Å²) in [6.45, 7) is 10.3. The zero-order valence-electron chi connectivity index (χ0n) is 24.1. The van der Waals surface area contributed by atoms with Gasteiger partial charge in [0.25, 0.3) is 0 Å². The minimum atomic E-state index is -0.763. The average molecular weight is 554 g/mol. The van der Waals surface area contributed by atoms with E-state index in [1.807, 2.05) is 46.0 Å². The summed E-state index contributed by atoms with van der Waals surface area (Å²) < 4.78 is 12.9. The van der Waals surface area contributed by atoms with E-state index in [4.69, 9.17) is 9.47 Å². The molecule has 0 bridgehead atoms. The molecule has 40 heavy (non-hydrogen) atoms. The standard InChI is InChI=1S/C30H43N5O5/c1-5-40-23-10-8-21(9-11-23)30(12-14-39-15-13-30)19-31-27(37)25-16-22(36)17-34(25)28(38)26(29(2,3)4)35-18-24(32-33-35)20-6-7-20/h8-11,18,20,22,25-26,36H,5-7,12-17,19H2,1-4H3,(H,31,37)/t22?,25?,26-/m1/s1. The Morgan fingerprint density at radius 1 is 1.20 bits per heavy atom. The Balaban J connectivity index is 1.32. The van der Waals surface area contributed by atoms with E-state index in [9.17, 15) is 14.7 Å². The molecule has 1 aliphatic carbocycles. The van der Waals surface area contributed by atoms with Crippen LogP contribution in [0.2, 0.25) is 0 Å². The fraction of sp³-hybridized carbons (Fsp3) is 0.667. The average Bonchev–Trinajstić information content (AvgIpc) is 3.54. The third-order valence-corrected chi connectivity index (χ3v) is 8.54. The summed E-state index contributed by atoms with van der Waals surface area (Å²) in [5, 5.41) is 22.4. The number of nitrogens with zero attached hydrogens (tertiary/aromatic N) is 4. The van der Waals surface area contributed by atoms with E-state index in [1.54, 1.807) is 9.58 Å². The molecule has 0 spiro atoms. The predicted molar refractivity (Wildman–Crippen MR) is 149 cm³/mol. The SMILES string of the molecule is CCOc1ccc(C2(CNC(=O)C3CC(O)CN3C(=O)[C@@H](n3cc(C4CC4)nn3)C(C)(C)C)CCOCC2)cc1. The summed E-state index contributed by atoms with van der Waals surface area (Å²) in [6.07, 6.45) is 5.06. The molecule has 1 saturated carbocycles. The summed E-state index contributed by atoms with van der Waals surface area (Å²) in [5.74, 6) is 0.775. The van der Waals surface area contributed by atoms with Crippen molar-refractivity contribution in [2.45, 2.75) is 89.3 Å². The highest BCUT2D eigenvalue weighted by Gasteiger charge is 2.46. The summed E-state index contributed by atoms with van der Waals surface area (Å²) in [4.78, 5) is 29.3. The first-order chi connectivity index (χ1) is 19.1. The van der Waals surface area contributed by atoms with Crippen LogP contribution in [-0.4, -0.2) is 81.9 Å². The van der Waals surface area contributed by atoms with E-state index < -0.39 is 23.6 Å². The van der Waals surface area contributed by atoms with Crippen molar-refractivity contribution in [3.05, 3.63) is 41.7 Å². The normalized spacial score (nSPS) is 23.6. The van der Waals surface area contributed by atoms with Crippen molar-refractivity contribution in [3.63, 3.8) is 0 Å². The van der Waals surface area contributed by atoms with E-state index in [1.165, 1.54) is 0 Å². The first-order valence-electron chi connectivity index (χ1n) is 14.6. The zero-order chi connectivity index (χ0) is 28.5. The maximum atomic E-state index is 14.0. The Morgan fingerprint density at radius 3 is 2.52 bits per heavy atom. The molecule has 0 radical (unpaired) electrons. The second-order valence-electron chi connectivity index (χ2n) is 12.6. The van der Waals surface area contributed by atoms with Crippen LogP contribution in [0.5, 0.6) is 5.75 Å². The number of nitrogens with one attached hydrogen (secondary N) is 1. The minimum absolute atomic E-state index is 0.117.